The summed E-state index contributed by atoms with van der Waals surface area (Å²) in [6.45, 7) is 0.314. The first kappa shape index (κ1) is 15.1. The molecule has 0 radical (unpaired) electrons. The summed E-state index contributed by atoms with van der Waals surface area (Å²) in [6, 6.07) is 10.8. The molecule has 0 unspecified atom stereocenters. The summed E-state index contributed by atoms with van der Waals surface area (Å²) in [5, 5.41) is 2.99. The highest BCUT2D eigenvalue weighted by Crippen LogP contribution is 2.19. The first-order valence-electron chi connectivity index (χ1n) is 6.32. The summed E-state index contributed by atoms with van der Waals surface area (Å²) in [6.07, 6.45) is 1.55. The van der Waals surface area contributed by atoms with E-state index in [1.807, 2.05) is 24.3 Å². The normalized spacial score (nSPS) is 10.0. The molecule has 1 aromatic carbocycles. The first-order chi connectivity index (χ1) is 10.2. The molecule has 0 saturated heterocycles. The van der Waals surface area contributed by atoms with E-state index in [-0.39, 0.29) is 17.7 Å². The molecular formula is C15H15ClN2O3. The summed E-state index contributed by atoms with van der Waals surface area (Å²) < 4.78 is 10.4. The highest BCUT2D eigenvalue weighted by molar-refractivity contribution is 6.30. The summed E-state index contributed by atoms with van der Waals surface area (Å²) in [5.41, 5.74) is 0.976. The van der Waals surface area contributed by atoms with E-state index in [1.54, 1.807) is 25.4 Å². The number of halogens is 1. The number of methoxy groups -OCH3 is 1. The largest absolute Gasteiger partial charge is 0.497 e. The molecule has 0 aliphatic rings. The third-order valence-electron chi connectivity index (χ3n) is 2.73. The van der Waals surface area contributed by atoms with Crippen LogP contribution in [0, 0.1) is 0 Å². The number of aromatic nitrogens is 1. The van der Waals surface area contributed by atoms with Crippen LogP contribution in [0.3, 0.4) is 0 Å². The molecule has 1 N–H and O–H groups in total. The van der Waals surface area contributed by atoms with Gasteiger partial charge in [-0.2, -0.15) is 0 Å². The first-order valence-corrected chi connectivity index (χ1v) is 6.70. The fourth-order valence-corrected chi connectivity index (χ4v) is 1.79. The number of carbonyl (C=O) groups excluding carboxylic acids is 1. The van der Waals surface area contributed by atoms with Gasteiger partial charge in [-0.3, -0.25) is 4.79 Å². The predicted molar refractivity (Wildman–Crippen MR) is 79.6 cm³/mol. The fourth-order valence-electron chi connectivity index (χ4n) is 1.62. The van der Waals surface area contributed by atoms with E-state index < -0.39 is 0 Å². The molecule has 5 nitrogen and oxygen atoms in total. The van der Waals surface area contributed by atoms with Crippen LogP contribution in [0.25, 0.3) is 0 Å². The van der Waals surface area contributed by atoms with Gasteiger partial charge in [0.1, 0.15) is 5.75 Å². The highest BCUT2D eigenvalue weighted by atomic mass is 35.5. The second-order valence-corrected chi connectivity index (χ2v) is 4.56. The van der Waals surface area contributed by atoms with Gasteiger partial charge in [0.25, 0.3) is 5.91 Å². The minimum atomic E-state index is -0.231. The van der Waals surface area contributed by atoms with Crippen molar-refractivity contribution in [3.8, 4) is 11.5 Å². The standard InChI is InChI=1S/C15H15ClN2O3/c1-20-12-6-4-11(5-7-12)9-18-14(19)10-21-13-3-2-8-17-15(13)16/h2-8H,9-10H2,1H3,(H,18,19). The number of rotatable bonds is 6. The zero-order valence-electron chi connectivity index (χ0n) is 11.5. The van der Waals surface area contributed by atoms with Crippen molar-refractivity contribution < 1.29 is 14.3 Å². The Balaban J connectivity index is 1.78. The molecule has 0 aliphatic carbocycles. The summed E-state index contributed by atoms with van der Waals surface area (Å²) in [5.74, 6) is 0.934. The smallest absolute Gasteiger partial charge is 0.258 e. The van der Waals surface area contributed by atoms with Crippen LogP contribution in [0.4, 0.5) is 0 Å². The second-order valence-electron chi connectivity index (χ2n) is 4.21. The van der Waals surface area contributed by atoms with Crippen LogP contribution < -0.4 is 14.8 Å². The average Bonchev–Trinajstić information content (AvgIpc) is 2.52. The number of amides is 1. The van der Waals surface area contributed by atoms with E-state index >= 15 is 0 Å². The second kappa shape index (κ2) is 7.50. The van der Waals surface area contributed by atoms with Gasteiger partial charge in [-0.15, -0.1) is 0 Å². The molecule has 6 heteroatoms. The Morgan fingerprint density at radius 3 is 2.71 bits per heavy atom. The lowest BCUT2D eigenvalue weighted by molar-refractivity contribution is -0.123. The molecule has 21 heavy (non-hydrogen) atoms. The molecule has 0 bridgehead atoms. The van der Waals surface area contributed by atoms with Crippen molar-refractivity contribution in [1.82, 2.24) is 10.3 Å². The Labute approximate surface area is 127 Å². The maximum absolute atomic E-state index is 11.7. The Bertz CT molecular complexity index is 602. The van der Waals surface area contributed by atoms with Crippen LogP contribution in [-0.2, 0) is 11.3 Å². The monoisotopic (exact) mass is 306 g/mol. The molecule has 1 heterocycles. The van der Waals surface area contributed by atoms with Gasteiger partial charge in [-0.25, -0.2) is 4.98 Å². The van der Waals surface area contributed by atoms with Crippen LogP contribution in [0.5, 0.6) is 11.5 Å². The molecular weight excluding hydrogens is 292 g/mol. The maximum atomic E-state index is 11.7. The number of hydrogen-bond acceptors (Lipinski definition) is 4. The zero-order chi connectivity index (χ0) is 15.1. The SMILES string of the molecule is COc1ccc(CNC(=O)COc2cccnc2Cl)cc1. The zero-order valence-corrected chi connectivity index (χ0v) is 12.3. The Kier molecular flexibility index (Phi) is 5.40. The summed E-state index contributed by atoms with van der Waals surface area (Å²) in [7, 11) is 1.61. The van der Waals surface area contributed by atoms with Gasteiger partial charge >= 0.3 is 0 Å². The quantitative estimate of drug-likeness (QED) is 0.833. The Morgan fingerprint density at radius 1 is 1.29 bits per heavy atom. The van der Waals surface area contributed by atoms with Crippen LogP contribution in [0.2, 0.25) is 5.15 Å². The lowest BCUT2D eigenvalue weighted by Crippen LogP contribution is -2.28. The van der Waals surface area contributed by atoms with Gasteiger partial charge < -0.3 is 14.8 Å². The minimum absolute atomic E-state index is 0.110. The Hall–Kier alpha value is -2.27. The number of pyridine rings is 1. The summed E-state index contributed by atoms with van der Waals surface area (Å²) in [4.78, 5) is 15.6. The Morgan fingerprint density at radius 2 is 2.05 bits per heavy atom. The molecule has 0 atom stereocenters. The van der Waals surface area contributed by atoms with Crippen molar-refractivity contribution in [1.29, 1.82) is 0 Å². The number of carbonyl (C=O) groups is 1. The average molecular weight is 307 g/mol. The molecule has 0 fully saturated rings. The molecule has 0 spiro atoms. The molecule has 1 aromatic heterocycles. The van der Waals surface area contributed by atoms with E-state index in [9.17, 15) is 4.79 Å². The number of nitrogens with one attached hydrogen (secondary N) is 1. The van der Waals surface area contributed by atoms with E-state index in [1.165, 1.54) is 0 Å². The van der Waals surface area contributed by atoms with Gasteiger partial charge in [-0.1, -0.05) is 23.7 Å². The molecule has 2 rings (SSSR count). The molecule has 0 aliphatic heterocycles. The van der Waals surface area contributed by atoms with Crippen molar-refractivity contribution in [2.75, 3.05) is 13.7 Å². The number of benzene rings is 1. The number of ether oxygens (including phenoxy) is 2. The van der Waals surface area contributed by atoms with E-state index in [0.29, 0.717) is 12.3 Å². The number of nitrogens with zero attached hydrogens (tertiary/aromatic N) is 1. The minimum Gasteiger partial charge on any atom is -0.497 e. The van der Waals surface area contributed by atoms with Crippen molar-refractivity contribution in [2.24, 2.45) is 0 Å². The van der Waals surface area contributed by atoms with Gasteiger partial charge in [-0.05, 0) is 29.8 Å². The molecule has 0 saturated carbocycles. The lowest BCUT2D eigenvalue weighted by atomic mass is 10.2. The van der Waals surface area contributed by atoms with E-state index in [2.05, 4.69) is 10.3 Å². The fraction of sp³-hybridized carbons (Fsp3) is 0.200. The maximum Gasteiger partial charge on any atom is 0.258 e. The highest BCUT2D eigenvalue weighted by Gasteiger charge is 2.06. The van der Waals surface area contributed by atoms with Crippen molar-refractivity contribution >= 4 is 17.5 Å². The van der Waals surface area contributed by atoms with Crippen molar-refractivity contribution in [2.45, 2.75) is 6.54 Å². The molecule has 2 aromatic rings. The molecule has 110 valence electrons. The lowest BCUT2D eigenvalue weighted by Gasteiger charge is -2.08. The summed E-state index contributed by atoms with van der Waals surface area (Å²) >= 11 is 5.83. The van der Waals surface area contributed by atoms with Crippen molar-refractivity contribution in [3.05, 3.63) is 53.3 Å². The van der Waals surface area contributed by atoms with Gasteiger partial charge in [0, 0.05) is 12.7 Å². The van der Waals surface area contributed by atoms with Crippen LogP contribution in [0.1, 0.15) is 5.56 Å². The third kappa shape index (κ3) is 4.65. The van der Waals surface area contributed by atoms with Gasteiger partial charge in [0.2, 0.25) is 0 Å². The van der Waals surface area contributed by atoms with Crippen LogP contribution in [0.15, 0.2) is 42.6 Å². The van der Waals surface area contributed by atoms with E-state index in [0.717, 1.165) is 11.3 Å². The van der Waals surface area contributed by atoms with Gasteiger partial charge in [0.05, 0.1) is 7.11 Å². The van der Waals surface area contributed by atoms with Crippen molar-refractivity contribution in [3.63, 3.8) is 0 Å². The van der Waals surface area contributed by atoms with Crippen LogP contribution in [-0.4, -0.2) is 24.6 Å². The van der Waals surface area contributed by atoms with Gasteiger partial charge in [0.15, 0.2) is 17.5 Å². The van der Waals surface area contributed by atoms with E-state index in [4.69, 9.17) is 21.1 Å². The predicted octanol–water partition coefficient (Wildman–Crippen LogP) is 2.44. The topological polar surface area (TPSA) is 60.5 Å². The number of hydrogen-bond donors (Lipinski definition) is 1. The molecule has 1 amide bonds. The third-order valence-corrected chi connectivity index (χ3v) is 3.02. The van der Waals surface area contributed by atoms with Crippen LogP contribution >= 0.6 is 11.6 Å².